The second-order valence-corrected chi connectivity index (χ2v) is 5.92. The monoisotopic (exact) mass is 371 g/mol. The minimum absolute atomic E-state index is 0.0123. The number of nitrogens with two attached hydrogens (primary N) is 1. The van der Waals surface area contributed by atoms with Crippen LogP contribution in [0.25, 0.3) is 22.8 Å². The number of aromatic nitrogens is 4. The quantitative estimate of drug-likeness (QED) is 0.713. The van der Waals surface area contributed by atoms with Crippen LogP contribution in [0.15, 0.2) is 96.1 Å². The molecule has 0 atom stereocenters. The van der Waals surface area contributed by atoms with E-state index in [1.54, 1.807) is 21.6 Å². The standard InChI is InChI=1S/C21H17N5O2/c22-28-19-15-25(16-9-5-2-1-3-6-10-16)24-20(21(19)27)18-13-14-23-26(18)17-11-7-4-8-12-17/h1-15H,22H2. The third-order valence-electron chi connectivity index (χ3n) is 4.14. The third-order valence-corrected chi connectivity index (χ3v) is 4.14. The highest BCUT2D eigenvalue weighted by molar-refractivity contribution is 5.63. The van der Waals surface area contributed by atoms with Gasteiger partial charge >= 0.3 is 0 Å². The Labute approximate surface area is 160 Å². The molecule has 0 bridgehead atoms. The summed E-state index contributed by atoms with van der Waals surface area (Å²) in [6.45, 7) is 0. The fourth-order valence-electron chi connectivity index (χ4n) is 2.82. The summed E-state index contributed by atoms with van der Waals surface area (Å²) in [7, 11) is 0. The van der Waals surface area contributed by atoms with Gasteiger partial charge in [-0.2, -0.15) is 16.1 Å². The molecule has 7 nitrogen and oxygen atoms in total. The van der Waals surface area contributed by atoms with E-state index in [1.807, 2.05) is 72.9 Å². The Balaban J connectivity index is 1.90. The number of hydrogen-bond donors (Lipinski definition) is 1. The van der Waals surface area contributed by atoms with E-state index in [0.717, 1.165) is 11.4 Å². The molecule has 7 heteroatoms. The van der Waals surface area contributed by atoms with Crippen LogP contribution >= 0.6 is 0 Å². The van der Waals surface area contributed by atoms with Gasteiger partial charge in [0, 0.05) is 0 Å². The first-order valence-corrected chi connectivity index (χ1v) is 8.60. The number of para-hydroxylation sites is 1. The van der Waals surface area contributed by atoms with E-state index >= 15 is 0 Å². The van der Waals surface area contributed by atoms with E-state index in [2.05, 4.69) is 10.2 Å². The Kier molecular flexibility index (Phi) is 4.81. The molecule has 0 saturated carbocycles. The molecule has 138 valence electrons. The van der Waals surface area contributed by atoms with E-state index < -0.39 is 5.43 Å². The van der Waals surface area contributed by atoms with Crippen LogP contribution in [0.2, 0.25) is 0 Å². The zero-order chi connectivity index (χ0) is 19.3. The first-order chi connectivity index (χ1) is 13.8. The highest BCUT2D eigenvalue weighted by Crippen LogP contribution is 2.21. The van der Waals surface area contributed by atoms with E-state index in [4.69, 9.17) is 10.7 Å². The molecule has 0 saturated heterocycles. The lowest BCUT2D eigenvalue weighted by Crippen LogP contribution is -2.20. The topological polar surface area (TPSA) is 88.0 Å². The molecule has 2 heterocycles. The average Bonchev–Trinajstić information content (AvgIpc) is 3.18. The van der Waals surface area contributed by atoms with Gasteiger partial charge in [0.15, 0.2) is 5.69 Å². The Morgan fingerprint density at radius 1 is 0.964 bits per heavy atom. The van der Waals surface area contributed by atoms with Crippen molar-refractivity contribution in [3.63, 3.8) is 0 Å². The normalized spacial score (nSPS) is 13.1. The van der Waals surface area contributed by atoms with Crippen molar-refractivity contribution in [1.29, 1.82) is 0 Å². The summed E-state index contributed by atoms with van der Waals surface area (Å²) in [5, 5.41) is 8.87. The average molecular weight is 371 g/mol. The fourth-order valence-corrected chi connectivity index (χ4v) is 2.82. The molecular weight excluding hydrogens is 354 g/mol. The molecular formula is C21H17N5O2. The number of rotatable bonds is 4. The maximum Gasteiger partial charge on any atom is 0.254 e. The highest BCUT2D eigenvalue weighted by Gasteiger charge is 2.18. The van der Waals surface area contributed by atoms with Gasteiger partial charge in [0.25, 0.3) is 5.43 Å². The summed E-state index contributed by atoms with van der Waals surface area (Å²) in [5.74, 6) is 5.34. The number of allylic oxidation sites excluding steroid dienone is 8. The second-order valence-electron chi connectivity index (χ2n) is 5.92. The molecule has 0 aliphatic heterocycles. The molecule has 0 fully saturated rings. The summed E-state index contributed by atoms with van der Waals surface area (Å²) in [6.07, 6.45) is 16.3. The van der Waals surface area contributed by atoms with Crippen LogP contribution in [-0.2, 0) is 0 Å². The van der Waals surface area contributed by atoms with Crippen molar-refractivity contribution in [2.45, 2.75) is 0 Å². The minimum atomic E-state index is -0.415. The molecule has 1 aliphatic rings. The third kappa shape index (κ3) is 3.34. The van der Waals surface area contributed by atoms with Crippen LogP contribution in [0.5, 0.6) is 5.75 Å². The smallest absolute Gasteiger partial charge is 0.254 e. The molecule has 28 heavy (non-hydrogen) atoms. The molecule has 0 amide bonds. The number of nitrogens with zero attached hydrogens (tertiary/aromatic N) is 4. The van der Waals surface area contributed by atoms with Crippen LogP contribution in [-0.4, -0.2) is 19.6 Å². The molecule has 0 unspecified atom stereocenters. The van der Waals surface area contributed by atoms with E-state index in [-0.39, 0.29) is 11.4 Å². The highest BCUT2D eigenvalue weighted by atomic mass is 16.6. The molecule has 0 spiro atoms. The van der Waals surface area contributed by atoms with Gasteiger partial charge in [0.05, 0.1) is 29.5 Å². The molecule has 2 aromatic heterocycles. The van der Waals surface area contributed by atoms with Gasteiger partial charge in [-0.3, -0.25) is 4.79 Å². The lowest BCUT2D eigenvalue weighted by atomic mass is 10.2. The van der Waals surface area contributed by atoms with Gasteiger partial charge < -0.3 is 4.84 Å². The van der Waals surface area contributed by atoms with Crippen LogP contribution in [0.4, 0.5) is 0 Å². The lowest BCUT2D eigenvalue weighted by Gasteiger charge is -2.12. The Hall–Kier alpha value is -3.97. The van der Waals surface area contributed by atoms with Gasteiger partial charge in [-0.1, -0.05) is 48.6 Å². The predicted molar refractivity (Wildman–Crippen MR) is 108 cm³/mol. The zero-order valence-electron chi connectivity index (χ0n) is 14.8. The van der Waals surface area contributed by atoms with Crippen molar-refractivity contribution >= 4 is 5.70 Å². The second kappa shape index (κ2) is 7.73. The van der Waals surface area contributed by atoms with Crippen molar-refractivity contribution in [3.05, 3.63) is 102 Å². The predicted octanol–water partition coefficient (Wildman–Crippen LogP) is 2.87. The minimum Gasteiger partial charge on any atom is -0.406 e. The first kappa shape index (κ1) is 17.4. The van der Waals surface area contributed by atoms with E-state index in [9.17, 15) is 4.79 Å². The van der Waals surface area contributed by atoms with E-state index in [0.29, 0.717) is 5.69 Å². The van der Waals surface area contributed by atoms with Crippen molar-refractivity contribution < 1.29 is 4.84 Å². The van der Waals surface area contributed by atoms with Crippen molar-refractivity contribution in [2.75, 3.05) is 0 Å². The summed E-state index contributed by atoms with van der Waals surface area (Å²) in [4.78, 5) is 17.7. The van der Waals surface area contributed by atoms with Crippen molar-refractivity contribution in [1.82, 2.24) is 19.6 Å². The Morgan fingerprint density at radius 2 is 1.75 bits per heavy atom. The SMILES string of the molecule is NOc1cn(C2=CC=CC=CC=C2)nc(-c2ccnn2-c2ccccc2)c1=O. The molecule has 1 aromatic carbocycles. The van der Waals surface area contributed by atoms with Gasteiger partial charge in [-0.25, -0.2) is 9.36 Å². The fraction of sp³-hybridized carbons (Fsp3) is 0. The van der Waals surface area contributed by atoms with Gasteiger partial charge in [-0.15, -0.1) is 0 Å². The number of hydrogen-bond acceptors (Lipinski definition) is 5. The molecule has 1 aliphatic carbocycles. The lowest BCUT2D eigenvalue weighted by molar-refractivity contribution is 0.328. The van der Waals surface area contributed by atoms with Gasteiger partial charge in [-0.05, 0) is 30.4 Å². The molecule has 3 aromatic rings. The van der Waals surface area contributed by atoms with Crippen LogP contribution in [0, 0.1) is 0 Å². The Morgan fingerprint density at radius 3 is 2.57 bits per heavy atom. The maximum atomic E-state index is 12.9. The summed E-state index contributed by atoms with van der Waals surface area (Å²) in [5.41, 5.74) is 1.86. The van der Waals surface area contributed by atoms with Gasteiger partial charge in [0.1, 0.15) is 0 Å². The Bertz CT molecular complexity index is 1170. The summed E-state index contributed by atoms with van der Waals surface area (Å²) >= 11 is 0. The zero-order valence-corrected chi connectivity index (χ0v) is 14.8. The molecule has 2 N–H and O–H groups in total. The van der Waals surface area contributed by atoms with E-state index in [1.165, 1.54) is 6.20 Å². The largest absolute Gasteiger partial charge is 0.406 e. The maximum absolute atomic E-state index is 12.9. The van der Waals surface area contributed by atoms with Crippen molar-refractivity contribution in [2.24, 2.45) is 5.90 Å². The van der Waals surface area contributed by atoms with Crippen molar-refractivity contribution in [3.8, 4) is 22.8 Å². The van der Waals surface area contributed by atoms with Crippen LogP contribution in [0.3, 0.4) is 0 Å². The molecule has 0 radical (unpaired) electrons. The molecule has 4 rings (SSSR count). The summed E-state index contributed by atoms with van der Waals surface area (Å²) < 4.78 is 3.21. The van der Waals surface area contributed by atoms with Gasteiger partial charge in [0.2, 0.25) is 5.75 Å². The van der Waals surface area contributed by atoms with Crippen LogP contribution in [0.1, 0.15) is 0 Å². The summed E-state index contributed by atoms with van der Waals surface area (Å²) in [6, 6.07) is 11.2. The number of benzene rings is 1. The van der Waals surface area contributed by atoms with Crippen LogP contribution < -0.4 is 16.2 Å². The first-order valence-electron chi connectivity index (χ1n) is 8.60.